The number of hydrogen-bond acceptors (Lipinski definition) is 2. The lowest BCUT2D eigenvalue weighted by molar-refractivity contribution is -0.133. The Hall–Kier alpha value is -1.84. The minimum absolute atomic E-state index is 0.00330. The van der Waals surface area contributed by atoms with E-state index in [-0.39, 0.29) is 17.7 Å². The molecule has 1 saturated heterocycles. The van der Waals surface area contributed by atoms with Gasteiger partial charge in [-0.25, -0.2) is 4.79 Å². The molecule has 0 spiro atoms. The molecule has 0 bridgehead atoms. The first-order valence-corrected chi connectivity index (χ1v) is 6.41. The average molecular weight is 261 g/mol. The molecule has 0 saturated carbocycles. The van der Waals surface area contributed by atoms with E-state index in [2.05, 4.69) is 32.9 Å². The number of nitrogens with zero attached hydrogens (tertiary/aromatic N) is 1. The zero-order chi connectivity index (χ0) is 14.2. The SMILES string of the molecule is CC(C)(C)c1cccc(CC2C(=O)CN2C(=O)O)c1. The fourth-order valence-corrected chi connectivity index (χ4v) is 2.26. The van der Waals surface area contributed by atoms with Gasteiger partial charge in [0.15, 0.2) is 5.78 Å². The van der Waals surface area contributed by atoms with Gasteiger partial charge in [-0.1, -0.05) is 45.0 Å². The van der Waals surface area contributed by atoms with Crippen molar-refractivity contribution in [1.82, 2.24) is 4.90 Å². The normalized spacial score (nSPS) is 19.2. The van der Waals surface area contributed by atoms with Gasteiger partial charge in [-0.2, -0.15) is 0 Å². The summed E-state index contributed by atoms with van der Waals surface area (Å²) in [6.45, 7) is 6.41. The third-order valence-electron chi connectivity index (χ3n) is 3.54. The number of benzene rings is 1. The number of hydrogen-bond donors (Lipinski definition) is 1. The van der Waals surface area contributed by atoms with Crippen LogP contribution < -0.4 is 0 Å². The van der Waals surface area contributed by atoms with Gasteiger partial charge in [-0.05, 0) is 16.5 Å². The lowest BCUT2D eigenvalue weighted by Crippen LogP contribution is -2.59. The van der Waals surface area contributed by atoms with E-state index in [0.29, 0.717) is 6.42 Å². The van der Waals surface area contributed by atoms with E-state index in [1.165, 1.54) is 10.5 Å². The summed E-state index contributed by atoms with van der Waals surface area (Å²) in [6.07, 6.45) is -0.550. The monoisotopic (exact) mass is 261 g/mol. The first-order valence-electron chi connectivity index (χ1n) is 6.41. The molecule has 1 aliphatic rings. The van der Waals surface area contributed by atoms with Crippen molar-refractivity contribution < 1.29 is 14.7 Å². The first-order chi connectivity index (χ1) is 8.79. The zero-order valence-electron chi connectivity index (χ0n) is 11.5. The average Bonchev–Trinajstić information content (AvgIpc) is 2.32. The molecule has 1 fully saturated rings. The minimum Gasteiger partial charge on any atom is -0.465 e. The smallest absolute Gasteiger partial charge is 0.408 e. The van der Waals surface area contributed by atoms with E-state index >= 15 is 0 Å². The molecule has 0 aliphatic carbocycles. The molecule has 1 heterocycles. The lowest BCUT2D eigenvalue weighted by Gasteiger charge is -2.37. The van der Waals surface area contributed by atoms with Crippen LogP contribution in [0.15, 0.2) is 24.3 Å². The summed E-state index contributed by atoms with van der Waals surface area (Å²) in [4.78, 5) is 23.7. The van der Waals surface area contributed by atoms with Crippen molar-refractivity contribution in [2.24, 2.45) is 0 Å². The Labute approximate surface area is 113 Å². The van der Waals surface area contributed by atoms with Crippen LogP contribution in [0.5, 0.6) is 0 Å². The van der Waals surface area contributed by atoms with Crippen LogP contribution in [0.25, 0.3) is 0 Å². The van der Waals surface area contributed by atoms with Gasteiger partial charge < -0.3 is 5.11 Å². The fourth-order valence-electron chi connectivity index (χ4n) is 2.26. The molecule has 2 rings (SSSR count). The number of carbonyl (C=O) groups excluding carboxylic acids is 1. The Morgan fingerprint density at radius 1 is 1.42 bits per heavy atom. The van der Waals surface area contributed by atoms with Crippen LogP contribution in [0.2, 0.25) is 0 Å². The highest BCUT2D eigenvalue weighted by Gasteiger charge is 2.40. The summed E-state index contributed by atoms with van der Waals surface area (Å²) in [5.41, 5.74) is 2.25. The van der Waals surface area contributed by atoms with Crippen molar-refractivity contribution in [3.8, 4) is 0 Å². The molecular formula is C15H19NO3. The Kier molecular flexibility index (Phi) is 3.35. The van der Waals surface area contributed by atoms with Crippen LogP contribution in [-0.2, 0) is 16.6 Å². The van der Waals surface area contributed by atoms with E-state index in [1.807, 2.05) is 12.1 Å². The van der Waals surface area contributed by atoms with Gasteiger partial charge in [-0.3, -0.25) is 9.69 Å². The van der Waals surface area contributed by atoms with Gasteiger partial charge >= 0.3 is 6.09 Å². The highest BCUT2D eigenvalue weighted by molar-refractivity contribution is 5.97. The van der Waals surface area contributed by atoms with Crippen LogP contribution in [0.1, 0.15) is 31.9 Å². The lowest BCUT2D eigenvalue weighted by atomic mass is 9.85. The van der Waals surface area contributed by atoms with E-state index < -0.39 is 12.1 Å². The molecule has 1 aromatic rings. The quantitative estimate of drug-likeness (QED) is 0.889. The summed E-state index contributed by atoms with van der Waals surface area (Å²) in [7, 11) is 0. The maximum Gasteiger partial charge on any atom is 0.408 e. The first kappa shape index (κ1) is 13.6. The third-order valence-corrected chi connectivity index (χ3v) is 3.54. The number of rotatable bonds is 2. The predicted octanol–water partition coefficient (Wildman–Crippen LogP) is 2.46. The molecule has 1 N–H and O–H groups in total. The van der Waals surface area contributed by atoms with Gasteiger partial charge in [0.2, 0.25) is 0 Å². The summed E-state index contributed by atoms with van der Waals surface area (Å²) < 4.78 is 0. The Morgan fingerprint density at radius 2 is 2.11 bits per heavy atom. The number of carbonyl (C=O) groups is 2. The van der Waals surface area contributed by atoms with Crippen LogP contribution in [-0.4, -0.2) is 34.5 Å². The van der Waals surface area contributed by atoms with Gasteiger partial charge in [0.25, 0.3) is 0 Å². The van der Waals surface area contributed by atoms with Crippen molar-refractivity contribution in [2.75, 3.05) is 6.54 Å². The van der Waals surface area contributed by atoms with E-state index in [4.69, 9.17) is 5.11 Å². The van der Waals surface area contributed by atoms with Crippen molar-refractivity contribution in [2.45, 2.75) is 38.6 Å². The highest BCUT2D eigenvalue weighted by atomic mass is 16.4. The highest BCUT2D eigenvalue weighted by Crippen LogP contribution is 2.25. The van der Waals surface area contributed by atoms with Crippen LogP contribution in [0, 0.1) is 0 Å². The topological polar surface area (TPSA) is 57.6 Å². The Bertz CT molecular complexity index is 516. The largest absolute Gasteiger partial charge is 0.465 e. The van der Waals surface area contributed by atoms with Crippen LogP contribution >= 0.6 is 0 Å². The summed E-state index contributed by atoms with van der Waals surface area (Å²) in [5, 5.41) is 8.96. The standard InChI is InChI=1S/C15H19NO3/c1-15(2,3)11-6-4-5-10(7-11)8-12-13(17)9-16(12)14(18)19/h4-7,12H,8-9H2,1-3H3,(H,18,19). The molecule has 4 heteroatoms. The second-order valence-electron chi connectivity index (χ2n) is 6.05. The van der Waals surface area contributed by atoms with Crippen LogP contribution in [0.4, 0.5) is 4.79 Å². The maximum absolute atomic E-state index is 11.5. The molecule has 102 valence electrons. The number of likely N-dealkylation sites (tertiary alicyclic amines) is 1. The number of ketones is 1. The molecule has 0 aromatic heterocycles. The molecule has 4 nitrogen and oxygen atoms in total. The zero-order valence-corrected chi connectivity index (χ0v) is 11.5. The molecule has 1 atom stereocenters. The molecule has 1 aromatic carbocycles. The van der Waals surface area contributed by atoms with Gasteiger partial charge in [0, 0.05) is 6.42 Å². The Balaban J connectivity index is 2.15. The number of amides is 1. The Morgan fingerprint density at radius 3 is 2.63 bits per heavy atom. The van der Waals surface area contributed by atoms with Crippen molar-refractivity contribution in [3.63, 3.8) is 0 Å². The molecular weight excluding hydrogens is 242 g/mol. The minimum atomic E-state index is -1.02. The van der Waals surface area contributed by atoms with Gasteiger partial charge in [0.05, 0.1) is 6.54 Å². The van der Waals surface area contributed by atoms with E-state index in [0.717, 1.165) is 5.56 Å². The second kappa shape index (κ2) is 4.68. The molecule has 1 aliphatic heterocycles. The van der Waals surface area contributed by atoms with Gasteiger partial charge in [-0.15, -0.1) is 0 Å². The van der Waals surface area contributed by atoms with Crippen molar-refractivity contribution >= 4 is 11.9 Å². The molecule has 1 unspecified atom stereocenters. The summed E-state index contributed by atoms with van der Waals surface area (Å²) in [5.74, 6) is 0.00330. The predicted molar refractivity (Wildman–Crippen MR) is 72.4 cm³/mol. The summed E-state index contributed by atoms with van der Waals surface area (Å²) >= 11 is 0. The summed E-state index contributed by atoms with van der Waals surface area (Å²) in [6, 6.07) is 7.52. The van der Waals surface area contributed by atoms with Crippen molar-refractivity contribution in [1.29, 1.82) is 0 Å². The van der Waals surface area contributed by atoms with Crippen LogP contribution in [0.3, 0.4) is 0 Å². The van der Waals surface area contributed by atoms with E-state index in [1.54, 1.807) is 0 Å². The van der Waals surface area contributed by atoms with Gasteiger partial charge in [0.1, 0.15) is 6.04 Å². The second-order valence-corrected chi connectivity index (χ2v) is 6.05. The fraction of sp³-hybridized carbons (Fsp3) is 0.467. The molecule has 0 radical (unpaired) electrons. The van der Waals surface area contributed by atoms with E-state index in [9.17, 15) is 9.59 Å². The number of carboxylic acid groups (broad SMARTS) is 1. The van der Waals surface area contributed by atoms with Crippen molar-refractivity contribution in [3.05, 3.63) is 35.4 Å². The maximum atomic E-state index is 11.5. The molecule has 1 amide bonds. The third kappa shape index (κ3) is 2.78. The molecule has 19 heavy (non-hydrogen) atoms. The number of Topliss-reactive ketones (excluding diaryl/α,β-unsaturated/α-hetero) is 1.